The molecule has 0 spiro atoms. The minimum absolute atomic E-state index is 0.0798. The molecule has 16 nitrogen and oxygen atoms in total. The third-order valence-corrected chi connectivity index (χ3v) is 6.83. The molecule has 0 saturated carbocycles. The summed E-state index contributed by atoms with van der Waals surface area (Å²) >= 11 is 0. The van der Waals surface area contributed by atoms with Crippen LogP contribution in [-0.4, -0.2) is 62.4 Å². The number of carbonyl (C=O) groups is 1. The number of nitrogens with zero attached hydrogens (tertiary/aromatic N) is 4. The number of nitrogens with one attached hydrogen (secondary N) is 2. The van der Waals surface area contributed by atoms with E-state index < -0.39 is 67.9 Å². The molecular formula is C21H27N6O10P. The largest absolute Gasteiger partial charge is 0.462 e. The second kappa shape index (κ2) is 11.9. The standard InChI is InChI=1S/C21H27N6O10P/c1-12(2)35-19(31)13(3)24-38(33,37-14-7-5-4-6-8-14)34-11-21(25-26-22)17(30)16(29)18(36-21)27-10-9-15(28)23-20(27)32/h4-10,12-13,16-18,29-30H,11H2,1-3H3,(H,24,33)(H,23,28,32)/t13-,16-,17-,18+,21+,38?/m0/s1. The zero-order valence-corrected chi connectivity index (χ0v) is 21.4. The number of aliphatic hydroxyl groups excluding tert-OH is 2. The van der Waals surface area contributed by atoms with E-state index in [1.165, 1.54) is 19.1 Å². The molecule has 1 unspecified atom stereocenters. The van der Waals surface area contributed by atoms with E-state index in [9.17, 15) is 29.2 Å². The SMILES string of the molecule is CC(C)OC(=O)[C@H](C)NP(=O)(OC[C@@]1(N=[N+]=[N-])O[C@@H](n2ccc(=O)[nH]c2=O)[C@@H](O)[C@@H]1O)Oc1ccccc1. The molecule has 1 aromatic carbocycles. The van der Waals surface area contributed by atoms with Crippen LogP contribution in [0.2, 0.25) is 0 Å². The Labute approximate surface area is 215 Å². The van der Waals surface area contributed by atoms with Crippen molar-refractivity contribution in [3.63, 3.8) is 0 Å². The van der Waals surface area contributed by atoms with Crippen molar-refractivity contribution < 1.29 is 38.1 Å². The van der Waals surface area contributed by atoms with Crippen LogP contribution < -0.4 is 20.9 Å². The van der Waals surface area contributed by atoms with Crippen LogP contribution in [0, 0.1) is 0 Å². The van der Waals surface area contributed by atoms with Gasteiger partial charge >= 0.3 is 19.4 Å². The van der Waals surface area contributed by atoms with Gasteiger partial charge < -0.3 is 24.2 Å². The second-order valence-corrected chi connectivity index (χ2v) is 10.2. The lowest BCUT2D eigenvalue weighted by molar-refractivity contribution is -0.149. The maximum absolute atomic E-state index is 13.7. The molecular weight excluding hydrogens is 527 g/mol. The van der Waals surface area contributed by atoms with E-state index in [1.54, 1.807) is 32.0 Å². The van der Waals surface area contributed by atoms with Crippen LogP contribution in [0.3, 0.4) is 0 Å². The van der Waals surface area contributed by atoms with Gasteiger partial charge in [0.05, 0.1) is 12.7 Å². The molecule has 1 saturated heterocycles. The first-order valence-electron chi connectivity index (χ1n) is 11.3. The van der Waals surface area contributed by atoms with Crippen molar-refractivity contribution in [1.29, 1.82) is 0 Å². The number of ether oxygens (including phenoxy) is 2. The summed E-state index contributed by atoms with van der Waals surface area (Å²) in [6, 6.07) is 7.54. The minimum Gasteiger partial charge on any atom is -0.462 e. The minimum atomic E-state index is -4.49. The summed E-state index contributed by atoms with van der Waals surface area (Å²) < 4.78 is 36.1. The van der Waals surface area contributed by atoms with Crippen molar-refractivity contribution in [2.45, 2.75) is 57.1 Å². The summed E-state index contributed by atoms with van der Waals surface area (Å²) in [5, 5.41) is 27.2. The molecule has 17 heteroatoms. The number of aromatic amines is 1. The molecule has 2 heterocycles. The Kier molecular flexibility index (Phi) is 9.12. The molecule has 0 radical (unpaired) electrons. The lowest BCUT2D eigenvalue weighted by Gasteiger charge is -2.29. The van der Waals surface area contributed by atoms with Gasteiger partial charge in [-0.15, -0.1) is 0 Å². The normalized spacial score (nSPS) is 25.3. The fourth-order valence-corrected chi connectivity index (χ4v) is 4.95. The van der Waals surface area contributed by atoms with Gasteiger partial charge in [-0.2, -0.15) is 5.09 Å². The number of aliphatic hydroxyl groups is 2. The Morgan fingerprint density at radius 1 is 1.29 bits per heavy atom. The fourth-order valence-electron chi connectivity index (χ4n) is 3.44. The van der Waals surface area contributed by atoms with E-state index in [-0.39, 0.29) is 5.75 Å². The quantitative estimate of drug-likeness (QED) is 0.100. The monoisotopic (exact) mass is 554 g/mol. The van der Waals surface area contributed by atoms with Crippen molar-refractivity contribution in [3.8, 4) is 5.75 Å². The van der Waals surface area contributed by atoms with Crippen molar-refractivity contribution in [2.75, 3.05) is 6.61 Å². The molecule has 38 heavy (non-hydrogen) atoms. The van der Waals surface area contributed by atoms with Crippen molar-refractivity contribution in [1.82, 2.24) is 14.6 Å². The lowest BCUT2D eigenvalue weighted by Crippen LogP contribution is -2.46. The van der Waals surface area contributed by atoms with Gasteiger partial charge in [0.25, 0.3) is 5.56 Å². The molecule has 0 amide bonds. The van der Waals surface area contributed by atoms with Crippen LogP contribution in [0.15, 0.2) is 57.3 Å². The van der Waals surface area contributed by atoms with E-state index in [1.807, 2.05) is 4.98 Å². The number of esters is 1. The van der Waals surface area contributed by atoms with Gasteiger partial charge in [0, 0.05) is 17.2 Å². The molecule has 206 valence electrons. The number of aromatic nitrogens is 2. The number of azide groups is 1. The Hall–Kier alpha value is -3.49. The molecule has 0 aliphatic carbocycles. The molecule has 1 aliphatic heterocycles. The van der Waals surface area contributed by atoms with E-state index in [0.29, 0.717) is 0 Å². The average molecular weight is 554 g/mol. The van der Waals surface area contributed by atoms with E-state index in [0.717, 1.165) is 16.8 Å². The number of hydrogen-bond acceptors (Lipinski definition) is 11. The van der Waals surface area contributed by atoms with Crippen LogP contribution in [-0.2, 0) is 23.4 Å². The van der Waals surface area contributed by atoms with Crippen LogP contribution in [0.5, 0.6) is 5.75 Å². The highest BCUT2D eigenvalue weighted by Gasteiger charge is 2.56. The van der Waals surface area contributed by atoms with Crippen molar-refractivity contribution >= 4 is 13.7 Å². The maximum atomic E-state index is 13.7. The number of carbonyl (C=O) groups excluding carboxylic acids is 1. The topological polar surface area (TPSA) is 227 Å². The van der Waals surface area contributed by atoms with Crippen LogP contribution in [0.4, 0.5) is 0 Å². The lowest BCUT2D eigenvalue weighted by atomic mass is 10.1. The Bertz CT molecular complexity index is 1340. The molecule has 1 aliphatic rings. The highest BCUT2D eigenvalue weighted by Crippen LogP contribution is 2.48. The van der Waals surface area contributed by atoms with Crippen LogP contribution in [0.25, 0.3) is 10.4 Å². The highest BCUT2D eigenvalue weighted by atomic mass is 31.2. The summed E-state index contributed by atoms with van der Waals surface area (Å²) in [5.74, 6) is -0.688. The summed E-state index contributed by atoms with van der Waals surface area (Å²) in [6.45, 7) is 3.63. The molecule has 3 rings (SSSR count). The smallest absolute Gasteiger partial charge is 0.459 e. The number of benzene rings is 1. The zero-order valence-electron chi connectivity index (χ0n) is 20.5. The van der Waals surface area contributed by atoms with Gasteiger partial charge in [0.2, 0.25) is 5.72 Å². The van der Waals surface area contributed by atoms with Crippen molar-refractivity contribution in [2.24, 2.45) is 5.11 Å². The number of para-hydroxylation sites is 1. The zero-order chi connectivity index (χ0) is 28.1. The first kappa shape index (κ1) is 29.1. The van der Waals surface area contributed by atoms with Crippen LogP contribution >= 0.6 is 7.75 Å². The second-order valence-electron chi connectivity index (χ2n) is 8.51. The molecule has 4 N–H and O–H groups in total. The van der Waals surface area contributed by atoms with Gasteiger partial charge in [-0.25, -0.2) is 9.36 Å². The predicted molar refractivity (Wildman–Crippen MR) is 130 cm³/mol. The summed E-state index contributed by atoms with van der Waals surface area (Å²) in [6.07, 6.45) is -4.94. The first-order valence-corrected chi connectivity index (χ1v) is 12.8. The Morgan fingerprint density at radius 2 is 1.97 bits per heavy atom. The van der Waals surface area contributed by atoms with E-state index >= 15 is 0 Å². The first-order chi connectivity index (χ1) is 17.9. The van der Waals surface area contributed by atoms with E-state index in [4.69, 9.17) is 24.1 Å². The summed E-state index contributed by atoms with van der Waals surface area (Å²) in [4.78, 5) is 40.5. The molecule has 1 fully saturated rings. The number of rotatable bonds is 11. The summed E-state index contributed by atoms with van der Waals surface area (Å²) in [5.41, 5.74) is 5.03. The molecule has 0 bridgehead atoms. The van der Waals surface area contributed by atoms with E-state index in [2.05, 4.69) is 15.1 Å². The molecule has 2 aromatic rings. The molecule has 1 aromatic heterocycles. The highest BCUT2D eigenvalue weighted by molar-refractivity contribution is 7.52. The van der Waals surface area contributed by atoms with Gasteiger partial charge in [0.1, 0.15) is 24.0 Å². The summed E-state index contributed by atoms with van der Waals surface area (Å²) in [7, 11) is -4.49. The number of hydrogen-bond donors (Lipinski definition) is 4. The Morgan fingerprint density at radius 3 is 2.58 bits per heavy atom. The maximum Gasteiger partial charge on any atom is 0.459 e. The van der Waals surface area contributed by atoms with Gasteiger partial charge in [0.15, 0.2) is 6.23 Å². The van der Waals surface area contributed by atoms with Gasteiger partial charge in [-0.3, -0.25) is 23.7 Å². The molecule has 6 atom stereocenters. The van der Waals surface area contributed by atoms with Gasteiger partial charge in [-0.05, 0) is 38.4 Å². The average Bonchev–Trinajstić information content (AvgIpc) is 3.09. The third-order valence-electron chi connectivity index (χ3n) is 5.21. The third kappa shape index (κ3) is 6.68. The Balaban J connectivity index is 1.91. The fraction of sp³-hybridized carbons (Fsp3) is 0.476. The van der Waals surface area contributed by atoms with Crippen molar-refractivity contribution in [3.05, 3.63) is 73.9 Å². The van der Waals surface area contributed by atoms with Crippen LogP contribution in [0.1, 0.15) is 27.0 Å². The number of H-pyrrole nitrogens is 1. The van der Waals surface area contributed by atoms with Gasteiger partial charge in [-0.1, -0.05) is 23.3 Å². The predicted octanol–water partition coefficient (Wildman–Crippen LogP) is 0.927.